The molecule has 1 heterocycles. The number of amides is 2. The second-order valence-corrected chi connectivity index (χ2v) is 6.91. The first-order valence-electron chi connectivity index (χ1n) is 9.29. The van der Waals surface area contributed by atoms with Gasteiger partial charge < -0.3 is 18.9 Å². The number of carbonyl (C=O) groups excluding carboxylic acids is 3. The average Bonchev–Trinajstić information content (AvgIpc) is 2.95. The lowest BCUT2D eigenvalue weighted by Crippen LogP contribution is -2.29. The number of benzene rings is 1. The van der Waals surface area contributed by atoms with Crippen LogP contribution in [0.2, 0.25) is 0 Å². The van der Waals surface area contributed by atoms with Crippen LogP contribution in [0.15, 0.2) is 23.1 Å². The predicted octanol–water partition coefficient (Wildman–Crippen LogP) is 3.10. The number of nitrogens with zero attached hydrogens (tertiary/aromatic N) is 1. The summed E-state index contributed by atoms with van der Waals surface area (Å²) >= 11 is 0.902. The first-order chi connectivity index (χ1) is 14.0. The Labute approximate surface area is 174 Å². The summed E-state index contributed by atoms with van der Waals surface area (Å²) in [6.07, 6.45) is 2.22. The second kappa shape index (κ2) is 11.5. The molecule has 0 aromatic heterocycles. The van der Waals surface area contributed by atoms with Gasteiger partial charge in [0.1, 0.15) is 0 Å². The largest absolute Gasteiger partial charge is 0.490 e. The summed E-state index contributed by atoms with van der Waals surface area (Å²) in [4.78, 5) is 37.7. The van der Waals surface area contributed by atoms with Gasteiger partial charge in [-0.3, -0.25) is 14.5 Å². The monoisotopic (exact) mass is 423 g/mol. The molecule has 2 amide bonds. The molecule has 1 fully saturated rings. The van der Waals surface area contributed by atoms with Crippen LogP contribution >= 0.6 is 11.8 Å². The lowest BCUT2D eigenvalue weighted by molar-refractivity contribution is -0.145. The maximum atomic E-state index is 12.5. The Morgan fingerprint density at radius 3 is 2.62 bits per heavy atom. The molecule has 2 rings (SSSR count). The van der Waals surface area contributed by atoms with E-state index in [1.165, 1.54) is 4.90 Å². The highest BCUT2D eigenvalue weighted by molar-refractivity contribution is 8.18. The van der Waals surface area contributed by atoms with E-state index in [0.29, 0.717) is 48.1 Å². The van der Waals surface area contributed by atoms with Gasteiger partial charge in [-0.15, -0.1) is 0 Å². The van der Waals surface area contributed by atoms with Gasteiger partial charge in [-0.1, -0.05) is 6.07 Å². The molecule has 29 heavy (non-hydrogen) atoms. The van der Waals surface area contributed by atoms with E-state index in [4.69, 9.17) is 18.9 Å². The molecule has 0 saturated carbocycles. The standard InChI is InChI=1S/C20H25NO7S/c1-4-26-16-11-14(7-8-15(16)28-13-18(22)27-5-2)12-17-19(23)21(20(24)29-17)9-6-10-25-3/h7-8,11-12H,4-6,9-10,13H2,1-3H3/b17-12+. The zero-order valence-electron chi connectivity index (χ0n) is 16.8. The Morgan fingerprint density at radius 2 is 1.93 bits per heavy atom. The molecule has 0 aliphatic carbocycles. The van der Waals surface area contributed by atoms with Crippen LogP contribution < -0.4 is 9.47 Å². The first-order valence-corrected chi connectivity index (χ1v) is 10.1. The molecule has 0 bridgehead atoms. The van der Waals surface area contributed by atoms with Crippen molar-refractivity contribution in [3.8, 4) is 11.5 Å². The summed E-state index contributed by atoms with van der Waals surface area (Å²) in [5, 5.41) is -0.295. The molecule has 0 atom stereocenters. The molecule has 1 aromatic rings. The molecule has 1 aromatic carbocycles. The van der Waals surface area contributed by atoms with Gasteiger partial charge in [0.2, 0.25) is 0 Å². The molecule has 8 nitrogen and oxygen atoms in total. The fraction of sp³-hybridized carbons (Fsp3) is 0.450. The predicted molar refractivity (Wildman–Crippen MR) is 109 cm³/mol. The lowest BCUT2D eigenvalue weighted by atomic mass is 10.2. The smallest absolute Gasteiger partial charge is 0.344 e. The quantitative estimate of drug-likeness (QED) is 0.305. The van der Waals surface area contributed by atoms with Gasteiger partial charge in [0, 0.05) is 20.3 Å². The van der Waals surface area contributed by atoms with Gasteiger partial charge in [-0.25, -0.2) is 4.79 Å². The molecule has 0 spiro atoms. The van der Waals surface area contributed by atoms with Crippen LogP contribution in [-0.4, -0.2) is 62.1 Å². The number of thioether (sulfide) groups is 1. The van der Waals surface area contributed by atoms with Crippen LogP contribution in [0.25, 0.3) is 6.08 Å². The molecule has 0 N–H and O–H groups in total. The zero-order chi connectivity index (χ0) is 21.2. The minimum Gasteiger partial charge on any atom is -0.490 e. The van der Waals surface area contributed by atoms with E-state index >= 15 is 0 Å². The summed E-state index contributed by atoms with van der Waals surface area (Å²) in [7, 11) is 1.57. The SMILES string of the molecule is CCOC(=O)COc1ccc(/C=C2/SC(=O)N(CCCOC)C2=O)cc1OCC. The number of hydrogen-bond donors (Lipinski definition) is 0. The molecule has 1 aliphatic rings. The Morgan fingerprint density at radius 1 is 1.14 bits per heavy atom. The Balaban J connectivity index is 2.13. The Hall–Kier alpha value is -2.52. The highest BCUT2D eigenvalue weighted by Gasteiger charge is 2.34. The van der Waals surface area contributed by atoms with E-state index in [2.05, 4.69) is 0 Å². The van der Waals surface area contributed by atoms with Gasteiger partial charge in [-0.05, 0) is 55.8 Å². The fourth-order valence-electron chi connectivity index (χ4n) is 2.55. The van der Waals surface area contributed by atoms with E-state index in [1.807, 2.05) is 6.92 Å². The number of methoxy groups -OCH3 is 1. The third-order valence-electron chi connectivity index (χ3n) is 3.82. The first kappa shape index (κ1) is 22.8. The van der Waals surface area contributed by atoms with Gasteiger partial charge in [0.05, 0.1) is 18.1 Å². The maximum absolute atomic E-state index is 12.5. The number of carbonyl (C=O) groups is 3. The summed E-state index contributed by atoms with van der Waals surface area (Å²) in [6.45, 7) is 4.79. The van der Waals surface area contributed by atoms with E-state index in [1.54, 1.807) is 38.3 Å². The summed E-state index contributed by atoms with van der Waals surface area (Å²) in [5.41, 5.74) is 0.680. The van der Waals surface area contributed by atoms with Gasteiger partial charge in [0.25, 0.3) is 11.1 Å². The maximum Gasteiger partial charge on any atom is 0.344 e. The fourth-order valence-corrected chi connectivity index (χ4v) is 3.42. The Kier molecular flexibility index (Phi) is 9.01. The minimum absolute atomic E-state index is 0.229. The Bertz CT molecular complexity index is 778. The van der Waals surface area contributed by atoms with Crippen molar-refractivity contribution in [1.29, 1.82) is 0 Å². The van der Waals surface area contributed by atoms with Crippen molar-refractivity contribution >= 4 is 35.0 Å². The van der Waals surface area contributed by atoms with Crippen LogP contribution in [0.5, 0.6) is 11.5 Å². The van der Waals surface area contributed by atoms with Crippen molar-refractivity contribution in [2.75, 3.05) is 40.1 Å². The van der Waals surface area contributed by atoms with Crippen molar-refractivity contribution < 1.29 is 33.3 Å². The van der Waals surface area contributed by atoms with Crippen LogP contribution in [-0.2, 0) is 19.1 Å². The molecule has 9 heteroatoms. The zero-order valence-corrected chi connectivity index (χ0v) is 17.6. The van der Waals surface area contributed by atoms with Crippen LogP contribution in [0, 0.1) is 0 Å². The van der Waals surface area contributed by atoms with Gasteiger partial charge >= 0.3 is 5.97 Å². The summed E-state index contributed by atoms with van der Waals surface area (Å²) in [6, 6.07) is 5.07. The van der Waals surface area contributed by atoms with E-state index in [-0.39, 0.29) is 24.4 Å². The van der Waals surface area contributed by atoms with Gasteiger partial charge in [0.15, 0.2) is 18.1 Å². The molecule has 1 aliphatic heterocycles. The van der Waals surface area contributed by atoms with Crippen LogP contribution in [0.1, 0.15) is 25.8 Å². The molecule has 1 saturated heterocycles. The van der Waals surface area contributed by atoms with Crippen molar-refractivity contribution in [3.63, 3.8) is 0 Å². The number of imide groups is 1. The van der Waals surface area contributed by atoms with E-state index in [9.17, 15) is 14.4 Å². The number of rotatable bonds is 11. The normalized spacial score (nSPS) is 15.1. The molecular weight excluding hydrogens is 398 g/mol. The van der Waals surface area contributed by atoms with Gasteiger partial charge in [-0.2, -0.15) is 0 Å². The third kappa shape index (κ3) is 6.50. The number of esters is 1. The average molecular weight is 423 g/mol. The number of ether oxygens (including phenoxy) is 4. The van der Waals surface area contributed by atoms with Crippen LogP contribution in [0.4, 0.5) is 4.79 Å². The van der Waals surface area contributed by atoms with E-state index in [0.717, 1.165) is 11.8 Å². The van der Waals surface area contributed by atoms with Crippen LogP contribution in [0.3, 0.4) is 0 Å². The van der Waals surface area contributed by atoms with Crippen molar-refractivity contribution in [2.45, 2.75) is 20.3 Å². The molecular formula is C20H25NO7S. The highest BCUT2D eigenvalue weighted by Crippen LogP contribution is 2.34. The lowest BCUT2D eigenvalue weighted by Gasteiger charge is -2.12. The second-order valence-electron chi connectivity index (χ2n) is 5.91. The molecule has 158 valence electrons. The topological polar surface area (TPSA) is 91.4 Å². The third-order valence-corrected chi connectivity index (χ3v) is 4.73. The van der Waals surface area contributed by atoms with E-state index < -0.39 is 5.97 Å². The summed E-state index contributed by atoms with van der Waals surface area (Å²) in [5.74, 6) is 0.0347. The summed E-state index contributed by atoms with van der Waals surface area (Å²) < 4.78 is 20.9. The molecule has 0 unspecified atom stereocenters. The number of hydrogen-bond acceptors (Lipinski definition) is 8. The highest BCUT2D eigenvalue weighted by atomic mass is 32.2. The van der Waals surface area contributed by atoms with Crippen molar-refractivity contribution in [3.05, 3.63) is 28.7 Å². The van der Waals surface area contributed by atoms with Crippen molar-refractivity contribution in [1.82, 2.24) is 4.90 Å². The van der Waals surface area contributed by atoms with Crippen molar-refractivity contribution in [2.24, 2.45) is 0 Å². The molecule has 0 radical (unpaired) electrons. The minimum atomic E-state index is -0.471.